The zero-order chi connectivity index (χ0) is 14.0. The van der Waals surface area contributed by atoms with Gasteiger partial charge in [0.1, 0.15) is 5.82 Å². The summed E-state index contributed by atoms with van der Waals surface area (Å²) in [6.45, 7) is 1.32. The van der Waals surface area contributed by atoms with E-state index in [0.717, 1.165) is 17.7 Å². The third-order valence-corrected chi connectivity index (χ3v) is 4.02. The van der Waals surface area contributed by atoms with Crippen molar-refractivity contribution in [2.45, 2.75) is 17.9 Å². The van der Waals surface area contributed by atoms with Gasteiger partial charge in [0.2, 0.25) is 0 Å². The number of aliphatic hydroxyl groups is 1. The van der Waals surface area contributed by atoms with Gasteiger partial charge in [-0.05, 0) is 36.2 Å². The molecule has 2 N–H and O–H groups in total. The van der Waals surface area contributed by atoms with Crippen molar-refractivity contribution in [3.05, 3.63) is 71.5 Å². The van der Waals surface area contributed by atoms with Crippen molar-refractivity contribution in [3.8, 4) is 0 Å². The van der Waals surface area contributed by atoms with Gasteiger partial charge < -0.3 is 10.4 Å². The summed E-state index contributed by atoms with van der Waals surface area (Å²) < 4.78 is 13.6. The van der Waals surface area contributed by atoms with Crippen LogP contribution < -0.4 is 5.32 Å². The van der Waals surface area contributed by atoms with Crippen LogP contribution in [0.15, 0.2) is 54.6 Å². The molecule has 0 spiro atoms. The fourth-order valence-electron chi connectivity index (χ4n) is 3.09. The molecular formula is C17H19ClFNO. The van der Waals surface area contributed by atoms with Crippen molar-refractivity contribution in [2.24, 2.45) is 0 Å². The molecule has 0 radical (unpaired) electrons. The van der Waals surface area contributed by atoms with E-state index >= 15 is 0 Å². The van der Waals surface area contributed by atoms with Gasteiger partial charge in [-0.3, -0.25) is 0 Å². The van der Waals surface area contributed by atoms with Crippen molar-refractivity contribution < 1.29 is 9.50 Å². The van der Waals surface area contributed by atoms with E-state index in [1.807, 2.05) is 36.4 Å². The third-order valence-electron chi connectivity index (χ3n) is 4.02. The lowest BCUT2D eigenvalue weighted by Gasteiger charge is -2.33. The van der Waals surface area contributed by atoms with E-state index in [9.17, 15) is 9.50 Å². The van der Waals surface area contributed by atoms with Gasteiger partial charge in [-0.2, -0.15) is 0 Å². The Bertz CT molecular complexity index is 584. The molecule has 2 aromatic rings. The van der Waals surface area contributed by atoms with Gasteiger partial charge >= 0.3 is 0 Å². The summed E-state index contributed by atoms with van der Waals surface area (Å²) in [5.41, 5.74) is 0.974. The van der Waals surface area contributed by atoms with Crippen LogP contribution in [0.25, 0.3) is 0 Å². The molecule has 1 aliphatic rings. The van der Waals surface area contributed by atoms with E-state index < -0.39 is 5.60 Å². The molecule has 0 aromatic heterocycles. The molecule has 0 bridgehead atoms. The summed E-state index contributed by atoms with van der Waals surface area (Å²) >= 11 is 0. The van der Waals surface area contributed by atoms with Crippen LogP contribution in [0.2, 0.25) is 0 Å². The molecule has 0 saturated carbocycles. The van der Waals surface area contributed by atoms with E-state index in [1.54, 1.807) is 6.07 Å². The molecule has 112 valence electrons. The molecule has 21 heavy (non-hydrogen) atoms. The second-order valence-electron chi connectivity index (χ2n) is 5.43. The molecule has 1 saturated heterocycles. The number of rotatable bonds is 3. The highest BCUT2D eigenvalue weighted by atomic mass is 35.5. The highest BCUT2D eigenvalue weighted by Gasteiger charge is 2.41. The quantitative estimate of drug-likeness (QED) is 0.913. The number of halogens is 2. The minimum atomic E-state index is -0.866. The molecule has 1 aliphatic heterocycles. The van der Waals surface area contributed by atoms with Gasteiger partial charge in [-0.15, -0.1) is 12.4 Å². The first kappa shape index (κ1) is 16.0. The second-order valence-corrected chi connectivity index (χ2v) is 5.43. The van der Waals surface area contributed by atoms with Gasteiger partial charge in [-0.1, -0.05) is 42.5 Å². The lowest BCUT2D eigenvalue weighted by atomic mass is 9.77. The van der Waals surface area contributed by atoms with Crippen LogP contribution in [-0.2, 0) is 0 Å². The summed E-state index contributed by atoms with van der Waals surface area (Å²) in [5, 5.41) is 14.2. The zero-order valence-electron chi connectivity index (χ0n) is 11.6. The van der Waals surface area contributed by atoms with Crippen molar-refractivity contribution in [1.29, 1.82) is 0 Å². The Labute approximate surface area is 130 Å². The fourth-order valence-corrected chi connectivity index (χ4v) is 3.09. The minimum Gasteiger partial charge on any atom is -0.388 e. The molecule has 4 heteroatoms. The van der Waals surface area contributed by atoms with Crippen LogP contribution in [-0.4, -0.2) is 23.8 Å². The first-order chi connectivity index (χ1) is 9.69. The van der Waals surface area contributed by atoms with Crippen molar-refractivity contribution in [1.82, 2.24) is 5.32 Å². The Morgan fingerprint density at radius 3 is 2.38 bits per heavy atom. The predicted molar refractivity (Wildman–Crippen MR) is 84.4 cm³/mol. The summed E-state index contributed by atoms with van der Waals surface area (Å²) in [6.07, 6.45) is 0.670. The molecule has 2 nitrogen and oxygen atoms in total. The molecule has 0 amide bonds. The van der Waals surface area contributed by atoms with Crippen LogP contribution in [0.1, 0.15) is 23.5 Å². The van der Waals surface area contributed by atoms with Gasteiger partial charge in [0.25, 0.3) is 0 Å². The molecule has 2 aromatic carbocycles. The Kier molecular flexibility index (Phi) is 4.99. The molecule has 1 heterocycles. The van der Waals surface area contributed by atoms with Crippen molar-refractivity contribution in [2.75, 3.05) is 13.1 Å². The van der Waals surface area contributed by atoms with Crippen LogP contribution >= 0.6 is 12.4 Å². The van der Waals surface area contributed by atoms with E-state index in [-0.39, 0.29) is 24.1 Å². The smallest absolute Gasteiger partial charge is 0.123 e. The molecule has 3 rings (SSSR count). The fraction of sp³-hybridized carbons (Fsp3) is 0.294. The first-order valence-electron chi connectivity index (χ1n) is 6.92. The predicted octanol–water partition coefficient (Wildman–Crippen LogP) is 3.10. The van der Waals surface area contributed by atoms with E-state index in [4.69, 9.17) is 0 Å². The maximum atomic E-state index is 13.6. The van der Waals surface area contributed by atoms with Gasteiger partial charge in [0, 0.05) is 12.5 Å². The zero-order valence-corrected chi connectivity index (χ0v) is 12.4. The lowest BCUT2D eigenvalue weighted by molar-refractivity contribution is 0.0441. The van der Waals surface area contributed by atoms with Gasteiger partial charge in [-0.25, -0.2) is 4.39 Å². The van der Waals surface area contributed by atoms with Crippen molar-refractivity contribution in [3.63, 3.8) is 0 Å². The number of nitrogens with one attached hydrogen (secondary N) is 1. The molecular weight excluding hydrogens is 289 g/mol. The average Bonchev–Trinajstić information content (AvgIpc) is 2.88. The van der Waals surface area contributed by atoms with Crippen LogP contribution in [0.4, 0.5) is 4.39 Å². The van der Waals surface area contributed by atoms with Gasteiger partial charge in [0.05, 0.1) is 5.60 Å². The first-order valence-corrected chi connectivity index (χ1v) is 6.92. The SMILES string of the molecule is Cl.OC1(C(c2ccccc2)c2cccc(F)c2)CCNC1. The Morgan fingerprint density at radius 2 is 1.76 bits per heavy atom. The average molecular weight is 308 g/mol. The Hall–Kier alpha value is -1.42. The molecule has 0 aliphatic carbocycles. The molecule has 1 fully saturated rings. The van der Waals surface area contributed by atoms with E-state index in [2.05, 4.69) is 5.32 Å². The number of benzene rings is 2. The van der Waals surface area contributed by atoms with Crippen LogP contribution in [0.5, 0.6) is 0 Å². The van der Waals surface area contributed by atoms with E-state index in [1.165, 1.54) is 12.1 Å². The van der Waals surface area contributed by atoms with Crippen LogP contribution in [0.3, 0.4) is 0 Å². The van der Waals surface area contributed by atoms with Crippen LogP contribution in [0, 0.1) is 5.82 Å². The maximum Gasteiger partial charge on any atom is 0.123 e. The highest BCUT2D eigenvalue weighted by Crippen LogP contribution is 2.38. The van der Waals surface area contributed by atoms with Crippen molar-refractivity contribution >= 4 is 12.4 Å². The monoisotopic (exact) mass is 307 g/mol. The molecule has 2 atom stereocenters. The largest absolute Gasteiger partial charge is 0.388 e. The normalized spacial score (nSPS) is 22.6. The summed E-state index contributed by atoms with van der Waals surface area (Å²) in [4.78, 5) is 0. The number of β-amino-alcohol motifs (C(OH)–C–C–N with tert-alkyl or cyclic N) is 1. The number of hydrogen-bond acceptors (Lipinski definition) is 2. The standard InChI is InChI=1S/C17H18FNO.ClH/c18-15-8-4-7-14(11-15)16(13-5-2-1-3-6-13)17(20)9-10-19-12-17;/h1-8,11,16,19-20H,9-10,12H2;1H. The summed E-state index contributed by atoms with van der Waals surface area (Å²) in [5.74, 6) is -0.479. The minimum absolute atomic E-state index is 0. The Morgan fingerprint density at radius 1 is 1.05 bits per heavy atom. The summed E-state index contributed by atoms with van der Waals surface area (Å²) in [6, 6.07) is 16.4. The highest BCUT2D eigenvalue weighted by molar-refractivity contribution is 5.85. The third kappa shape index (κ3) is 3.26. The van der Waals surface area contributed by atoms with E-state index in [0.29, 0.717) is 13.0 Å². The lowest BCUT2D eigenvalue weighted by Crippen LogP contribution is -2.39. The maximum absolute atomic E-state index is 13.6. The number of hydrogen-bond donors (Lipinski definition) is 2. The molecule has 2 unspecified atom stereocenters. The van der Waals surface area contributed by atoms with Gasteiger partial charge in [0.15, 0.2) is 0 Å². The second kappa shape index (κ2) is 6.56. The summed E-state index contributed by atoms with van der Waals surface area (Å²) in [7, 11) is 0. The Balaban J connectivity index is 0.00000161. The topological polar surface area (TPSA) is 32.3 Å².